The zero-order chi connectivity index (χ0) is 18.0. The summed E-state index contributed by atoms with van der Waals surface area (Å²) in [6.07, 6.45) is 1.71. The Balaban J connectivity index is 1.65. The highest BCUT2D eigenvalue weighted by Gasteiger charge is 2.41. The van der Waals surface area contributed by atoms with Crippen LogP contribution in [0.5, 0.6) is 0 Å². The van der Waals surface area contributed by atoms with E-state index in [1.807, 2.05) is 10.3 Å². The van der Waals surface area contributed by atoms with Crippen molar-refractivity contribution in [3.05, 3.63) is 16.6 Å². The maximum atomic E-state index is 12.7. The highest BCUT2D eigenvalue weighted by molar-refractivity contribution is 7.07. The molecule has 3 aliphatic heterocycles. The molecule has 9 heteroatoms. The zero-order valence-corrected chi connectivity index (χ0v) is 15.3. The number of hydrogen-bond acceptors (Lipinski definition) is 5. The number of rotatable bonds is 4. The van der Waals surface area contributed by atoms with Crippen LogP contribution in [0, 0.1) is 5.92 Å². The average molecular weight is 365 g/mol. The first-order chi connectivity index (χ1) is 12.0. The SMILES string of the molecule is CN(C)C(=O)NCC(=O)N1C[C@@H]2CC[C@H](C1)N(Cc1cscn1)C2=O. The van der Waals surface area contributed by atoms with Gasteiger partial charge in [-0.1, -0.05) is 0 Å². The van der Waals surface area contributed by atoms with E-state index >= 15 is 0 Å². The molecule has 0 aliphatic carbocycles. The van der Waals surface area contributed by atoms with Gasteiger partial charge in [-0.2, -0.15) is 0 Å². The molecule has 0 spiro atoms. The van der Waals surface area contributed by atoms with E-state index in [9.17, 15) is 14.4 Å². The monoisotopic (exact) mass is 365 g/mol. The lowest BCUT2D eigenvalue weighted by Crippen LogP contribution is -2.48. The summed E-state index contributed by atoms with van der Waals surface area (Å²) in [7, 11) is 3.25. The summed E-state index contributed by atoms with van der Waals surface area (Å²) in [6.45, 7) is 1.40. The van der Waals surface area contributed by atoms with Crippen LogP contribution >= 0.6 is 11.3 Å². The molecule has 8 nitrogen and oxygen atoms in total. The van der Waals surface area contributed by atoms with Crippen molar-refractivity contribution in [1.29, 1.82) is 0 Å². The van der Waals surface area contributed by atoms with Gasteiger partial charge in [-0.05, 0) is 12.8 Å². The second-order valence-corrected chi connectivity index (χ2v) is 7.44. The molecule has 2 atom stereocenters. The summed E-state index contributed by atoms with van der Waals surface area (Å²) in [5, 5.41) is 4.55. The van der Waals surface area contributed by atoms with E-state index in [2.05, 4.69) is 10.3 Å². The van der Waals surface area contributed by atoms with Gasteiger partial charge < -0.3 is 20.0 Å². The fourth-order valence-electron chi connectivity index (χ4n) is 3.36. The van der Waals surface area contributed by atoms with Crippen molar-refractivity contribution >= 4 is 29.2 Å². The van der Waals surface area contributed by atoms with E-state index in [1.54, 1.807) is 24.5 Å². The normalized spacial score (nSPS) is 22.7. The molecule has 1 N–H and O–H groups in total. The van der Waals surface area contributed by atoms with Crippen molar-refractivity contribution in [2.75, 3.05) is 33.7 Å². The van der Waals surface area contributed by atoms with Gasteiger partial charge in [0.1, 0.15) is 0 Å². The second kappa shape index (κ2) is 7.38. The van der Waals surface area contributed by atoms with Crippen LogP contribution in [0.3, 0.4) is 0 Å². The molecule has 0 saturated carbocycles. The van der Waals surface area contributed by atoms with Crippen LogP contribution in [-0.2, 0) is 16.1 Å². The number of nitrogens with zero attached hydrogens (tertiary/aromatic N) is 4. The van der Waals surface area contributed by atoms with Crippen molar-refractivity contribution in [2.45, 2.75) is 25.4 Å². The largest absolute Gasteiger partial charge is 0.338 e. The Labute approximate surface area is 150 Å². The Bertz CT molecular complexity index is 648. The van der Waals surface area contributed by atoms with Gasteiger partial charge in [-0.3, -0.25) is 9.59 Å². The number of carbonyl (C=O) groups excluding carboxylic acids is 3. The first kappa shape index (κ1) is 17.7. The van der Waals surface area contributed by atoms with Gasteiger partial charge in [0.2, 0.25) is 11.8 Å². The lowest BCUT2D eigenvalue weighted by molar-refractivity contribution is -0.140. The van der Waals surface area contributed by atoms with E-state index < -0.39 is 0 Å². The van der Waals surface area contributed by atoms with Gasteiger partial charge in [-0.15, -0.1) is 11.3 Å². The van der Waals surface area contributed by atoms with Crippen molar-refractivity contribution in [3.63, 3.8) is 0 Å². The van der Waals surface area contributed by atoms with E-state index in [4.69, 9.17) is 0 Å². The zero-order valence-electron chi connectivity index (χ0n) is 14.5. The molecule has 0 unspecified atom stereocenters. The van der Waals surface area contributed by atoms with Crippen LogP contribution in [0.25, 0.3) is 0 Å². The number of hydrogen-bond donors (Lipinski definition) is 1. The molecule has 4 rings (SSSR count). The number of urea groups is 1. The number of fused-ring (bicyclic) bond motifs is 4. The summed E-state index contributed by atoms with van der Waals surface area (Å²) in [6, 6.07) is -0.283. The number of piperidine rings is 1. The minimum atomic E-state index is -0.299. The third kappa shape index (κ3) is 3.92. The third-order valence-electron chi connectivity index (χ3n) is 4.76. The summed E-state index contributed by atoms with van der Waals surface area (Å²) < 4.78 is 0. The smallest absolute Gasteiger partial charge is 0.317 e. The summed E-state index contributed by atoms with van der Waals surface area (Å²) in [5.41, 5.74) is 2.65. The molecule has 4 amide bonds. The van der Waals surface area contributed by atoms with Crippen molar-refractivity contribution < 1.29 is 14.4 Å². The third-order valence-corrected chi connectivity index (χ3v) is 5.39. The van der Waals surface area contributed by atoms with Crippen LogP contribution in [0.1, 0.15) is 18.5 Å². The first-order valence-corrected chi connectivity index (χ1v) is 9.30. The Kier molecular flexibility index (Phi) is 5.22. The Morgan fingerprint density at radius 1 is 1.36 bits per heavy atom. The fraction of sp³-hybridized carbons (Fsp3) is 0.625. The molecule has 25 heavy (non-hydrogen) atoms. The molecule has 2 bridgehead atoms. The Morgan fingerprint density at radius 2 is 2.16 bits per heavy atom. The Hall–Kier alpha value is -2.16. The average Bonchev–Trinajstić information content (AvgIpc) is 2.95. The number of thiazole rings is 1. The second-order valence-electron chi connectivity index (χ2n) is 6.73. The number of aromatic nitrogens is 1. The molecule has 1 aromatic heterocycles. The van der Waals surface area contributed by atoms with Crippen LogP contribution in [0.4, 0.5) is 4.79 Å². The van der Waals surface area contributed by atoms with Crippen molar-refractivity contribution in [3.8, 4) is 0 Å². The van der Waals surface area contributed by atoms with E-state index in [1.165, 1.54) is 16.2 Å². The molecule has 136 valence electrons. The molecule has 3 saturated heterocycles. The molecular weight excluding hydrogens is 342 g/mol. The Morgan fingerprint density at radius 3 is 2.84 bits per heavy atom. The maximum Gasteiger partial charge on any atom is 0.317 e. The lowest BCUT2D eigenvalue weighted by Gasteiger charge is -2.35. The standard InChI is InChI=1S/C16H23N5O3S/c1-19(2)16(24)17-5-14(22)20-6-11-3-4-13(8-20)21(15(11)23)7-12-9-25-10-18-12/h9-11,13H,3-8H2,1-2H3,(H,17,24)/t11-,13+/m0/s1. The number of carbonyl (C=O) groups is 3. The predicted molar refractivity (Wildman–Crippen MR) is 92.8 cm³/mol. The van der Waals surface area contributed by atoms with Gasteiger partial charge in [0.05, 0.1) is 30.2 Å². The van der Waals surface area contributed by atoms with E-state index in [0.717, 1.165) is 18.5 Å². The fourth-order valence-corrected chi connectivity index (χ4v) is 3.91. The minimum absolute atomic E-state index is 0.0152. The van der Waals surface area contributed by atoms with Gasteiger partial charge in [0.25, 0.3) is 0 Å². The molecule has 0 aromatic carbocycles. The number of amides is 4. The quantitative estimate of drug-likeness (QED) is 0.835. The van der Waals surface area contributed by atoms with Crippen molar-refractivity contribution in [1.82, 2.24) is 25.0 Å². The van der Waals surface area contributed by atoms with Crippen LogP contribution in [0.2, 0.25) is 0 Å². The lowest BCUT2D eigenvalue weighted by atomic mass is 9.94. The minimum Gasteiger partial charge on any atom is -0.338 e. The molecule has 1 aromatic rings. The topological polar surface area (TPSA) is 85.8 Å². The maximum absolute atomic E-state index is 12.7. The van der Waals surface area contributed by atoms with Gasteiger partial charge >= 0.3 is 6.03 Å². The van der Waals surface area contributed by atoms with Gasteiger partial charge in [-0.25, -0.2) is 9.78 Å². The molecule has 4 heterocycles. The molecule has 0 radical (unpaired) electrons. The van der Waals surface area contributed by atoms with Gasteiger partial charge in [0.15, 0.2) is 0 Å². The summed E-state index contributed by atoms with van der Waals surface area (Å²) in [5.74, 6) is -0.196. The molecule has 3 fully saturated rings. The van der Waals surface area contributed by atoms with Crippen molar-refractivity contribution in [2.24, 2.45) is 5.92 Å². The summed E-state index contributed by atoms with van der Waals surface area (Å²) in [4.78, 5) is 46.1. The van der Waals surface area contributed by atoms with Gasteiger partial charge in [0, 0.05) is 38.6 Å². The highest BCUT2D eigenvalue weighted by Crippen LogP contribution is 2.30. The van der Waals surface area contributed by atoms with E-state index in [0.29, 0.717) is 19.6 Å². The molecule has 3 aliphatic rings. The first-order valence-electron chi connectivity index (χ1n) is 8.36. The highest BCUT2D eigenvalue weighted by atomic mass is 32.1. The number of nitrogens with one attached hydrogen (secondary N) is 1. The summed E-state index contributed by atoms with van der Waals surface area (Å²) >= 11 is 1.51. The van der Waals surface area contributed by atoms with Crippen LogP contribution in [-0.4, -0.2) is 77.3 Å². The van der Waals surface area contributed by atoms with Crippen LogP contribution in [0.15, 0.2) is 10.9 Å². The van der Waals surface area contributed by atoms with E-state index in [-0.39, 0.29) is 36.3 Å². The molecular formula is C16H23N5O3S. The predicted octanol–water partition coefficient (Wildman–Crippen LogP) is 0.364. The van der Waals surface area contributed by atoms with Crippen LogP contribution < -0.4 is 5.32 Å².